The van der Waals surface area contributed by atoms with Crippen molar-refractivity contribution in [3.63, 3.8) is 0 Å². The van der Waals surface area contributed by atoms with E-state index in [9.17, 15) is 5.11 Å². The molecule has 2 N–H and O–H groups in total. The average molecular weight is 233 g/mol. The molecular weight excluding hydrogens is 214 g/mol. The van der Waals surface area contributed by atoms with E-state index in [1.807, 2.05) is 26.0 Å². The summed E-state index contributed by atoms with van der Waals surface area (Å²) in [7, 11) is 0. The number of pyridine rings is 1. The minimum atomic E-state index is -0.821. The van der Waals surface area contributed by atoms with Gasteiger partial charge >= 0.3 is 0 Å². The summed E-state index contributed by atoms with van der Waals surface area (Å²) in [6.45, 7) is 8.02. The molecule has 0 bridgehead atoms. The first-order chi connectivity index (χ1) is 7.76. The van der Waals surface area contributed by atoms with E-state index in [-0.39, 0.29) is 0 Å². The third kappa shape index (κ3) is 3.52. The molecule has 92 valence electrons. The molecule has 0 atom stereocenters. The van der Waals surface area contributed by atoms with Crippen molar-refractivity contribution in [2.24, 2.45) is 0 Å². The summed E-state index contributed by atoms with van der Waals surface area (Å²) < 4.78 is 0. The lowest BCUT2D eigenvalue weighted by Crippen LogP contribution is -2.55. The normalized spacial score (nSPS) is 12.2. The van der Waals surface area contributed by atoms with Crippen LogP contribution in [0.4, 0.5) is 0 Å². The van der Waals surface area contributed by atoms with E-state index in [0.717, 1.165) is 5.56 Å². The number of aliphatic hydroxyl groups is 1. The lowest BCUT2D eigenvalue weighted by molar-refractivity contribution is -0.00532. The molecule has 0 saturated heterocycles. The van der Waals surface area contributed by atoms with Crippen LogP contribution in [0.3, 0.4) is 0 Å². The predicted molar refractivity (Wildman–Crippen MR) is 66.2 cm³/mol. The number of hydrogen-bond donors (Lipinski definition) is 2. The van der Waals surface area contributed by atoms with Gasteiger partial charge < -0.3 is 10.4 Å². The van der Waals surface area contributed by atoms with Crippen LogP contribution in [0.5, 0.6) is 0 Å². The van der Waals surface area contributed by atoms with Crippen molar-refractivity contribution in [3.8, 4) is 6.07 Å². The topological polar surface area (TPSA) is 68.9 Å². The predicted octanol–water partition coefficient (Wildman–Crippen LogP) is 1.59. The van der Waals surface area contributed by atoms with Crippen LogP contribution in [0.15, 0.2) is 18.3 Å². The first kappa shape index (κ1) is 13.6. The smallest absolute Gasteiger partial charge is 0.140 e. The van der Waals surface area contributed by atoms with Gasteiger partial charge in [0.1, 0.15) is 11.8 Å². The van der Waals surface area contributed by atoms with Gasteiger partial charge in [0.15, 0.2) is 0 Å². The maximum atomic E-state index is 10.00. The van der Waals surface area contributed by atoms with Crippen LogP contribution in [-0.4, -0.2) is 21.2 Å². The van der Waals surface area contributed by atoms with E-state index in [4.69, 9.17) is 5.26 Å². The summed E-state index contributed by atoms with van der Waals surface area (Å²) in [5, 5.41) is 22.0. The van der Waals surface area contributed by atoms with Gasteiger partial charge in [0.2, 0.25) is 0 Å². The highest BCUT2D eigenvalue weighted by molar-refractivity contribution is 5.25. The summed E-state index contributed by atoms with van der Waals surface area (Å²) in [5.41, 5.74) is 0.153. The number of nitrogens with zero attached hydrogens (tertiary/aromatic N) is 2. The molecule has 4 heteroatoms. The minimum Gasteiger partial charge on any atom is -0.389 e. The van der Waals surface area contributed by atoms with E-state index in [1.165, 1.54) is 0 Å². The van der Waals surface area contributed by atoms with Crippen LogP contribution >= 0.6 is 0 Å². The molecule has 1 aromatic rings. The van der Waals surface area contributed by atoms with Crippen molar-refractivity contribution in [1.29, 1.82) is 5.26 Å². The lowest BCUT2D eigenvalue weighted by Gasteiger charge is -2.38. The Balaban J connectivity index is 2.71. The molecule has 0 fully saturated rings. The van der Waals surface area contributed by atoms with E-state index < -0.39 is 11.1 Å². The van der Waals surface area contributed by atoms with E-state index in [1.54, 1.807) is 26.1 Å². The highest BCUT2D eigenvalue weighted by atomic mass is 16.3. The monoisotopic (exact) mass is 233 g/mol. The fraction of sp³-hybridized carbons (Fsp3) is 0.538. The Bertz CT molecular complexity index is 427. The van der Waals surface area contributed by atoms with Crippen molar-refractivity contribution in [2.75, 3.05) is 0 Å². The molecule has 0 aromatic carbocycles. The second kappa shape index (κ2) is 4.82. The molecule has 1 aromatic heterocycles. The van der Waals surface area contributed by atoms with Gasteiger partial charge in [-0.25, -0.2) is 4.98 Å². The molecular formula is C13H19N3O. The third-order valence-corrected chi connectivity index (χ3v) is 3.20. The second-order valence-electron chi connectivity index (χ2n) is 5.20. The van der Waals surface area contributed by atoms with Gasteiger partial charge in [-0.05, 0) is 45.4 Å². The van der Waals surface area contributed by atoms with Gasteiger partial charge in [0.05, 0.1) is 5.60 Å². The molecule has 1 rings (SSSR count). The molecule has 0 spiro atoms. The Kier molecular flexibility index (Phi) is 3.87. The number of rotatable bonds is 4. The number of nitriles is 1. The van der Waals surface area contributed by atoms with Crippen LogP contribution in [-0.2, 0) is 6.54 Å². The number of hydrogen-bond acceptors (Lipinski definition) is 4. The Morgan fingerprint density at radius 2 is 2.06 bits per heavy atom. The first-order valence-corrected chi connectivity index (χ1v) is 5.59. The van der Waals surface area contributed by atoms with Crippen LogP contribution in [0.2, 0.25) is 0 Å². The number of nitrogens with one attached hydrogen (secondary N) is 1. The van der Waals surface area contributed by atoms with E-state index in [0.29, 0.717) is 12.2 Å². The van der Waals surface area contributed by atoms with Crippen molar-refractivity contribution < 1.29 is 5.11 Å². The molecule has 4 nitrogen and oxygen atoms in total. The van der Waals surface area contributed by atoms with E-state index in [2.05, 4.69) is 10.3 Å². The van der Waals surface area contributed by atoms with Crippen LogP contribution < -0.4 is 5.32 Å². The summed E-state index contributed by atoms with van der Waals surface area (Å²) in [4.78, 5) is 3.91. The Morgan fingerprint density at radius 1 is 1.41 bits per heavy atom. The zero-order valence-corrected chi connectivity index (χ0v) is 10.8. The maximum Gasteiger partial charge on any atom is 0.140 e. The van der Waals surface area contributed by atoms with Gasteiger partial charge in [-0.1, -0.05) is 0 Å². The molecule has 0 aliphatic carbocycles. The van der Waals surface area contributed by atoms with Gasteiger partial charge in [-0.2, -0.15) is 5.26 Å². The standard InChI is InChI=1S/C13H19N3O/c1-12(2,13(3,4)17)16-9-10-5-6-15-11(7-10)8-14/h5-7,16-17H,9H2,1-4H3. The maximum absolute atomic E-state index is 10.00. The average Bonchev–Trinajstić information content (AvgIpc) is 2.25. The second-order valence-corrected chi connectivity index (χ2v) is 5.20. The highest BCUT2D eigenvalue weighted by Gasteiger charge is 2.34. The van der Waals surface area contributed by atoms with E-state index >= 15 is 0 Å². The molecule has 0 aliphatic rings. The van der Waals surface area contributed by atoms with Crippen LogP contribution in [0, 0.1) is 11.3 Å². The number of aromatic nitrogens is 1. The summed E-state index contributed by atoms with van der Waals surface area (Å²) in [5.74, 6) is 0. The van der Waals surface area contributed by atoms with Crippen molar-refractivity contribution in [2.45, 2.75) is 45.4 Å². The summed E-state index contributed by atoms with van der Waals surface area (Å²) in [6, 6.07) is 5.61. The fourth-order valence-electron chi connectivity index (χ4n) is 1.18. The van der Waals surface area contributed by atoms with Gasteiger partial charge in [0.25, 0.3) is 0 Å². The van der Waals surface area contributed by atoms with Gasteiger partial charge in [-0.15, -0.1) is 0 Å². The Morgan fingerprint density at radius 3 is 2.59 bits per heavy atom. The van der Waals surface area contributed by atoms with Crippen LogP contribution in [0.1, 0.15) is 39.0 Å². The van der Waals surface area contributed by atoms with Crippen molar-refractivity contribution in [3.05, 3.63) is 29.6 Å². The summed E-state index contributed by atoms with van der Waals surface area (Å²) >= 11 is 0. The molecule has 0 saturated carbocycles. The molecule has 17 heavy (non-hydrogen) atoms. The van der Waals surface area contributed by atoms with Crippen molar-refractivity contribution >= 4 is 0 Å². The lowest BCUT2D eigenvalue weighted by atomic mass is 9.86. The SMILES string of the molecule is CC(C)(O)C(C)(C)NCc1ccnc(C#N)c1. The quantitative estimate of drug-likeness (QED) is 0.828. The largest absolute Gasteiger partial charge is 0.389 e. The highest BCUT2D eigenvalue weighted by Crippen LogP contribution is 2.21. The fourth-order valence-corrected chi connectivity index (χ4v) is 1.18. The van der Waals surface area contributed by atoms with Gasteiger partial charge in [-0.3, -0.25) is 0 Å². The van der Waals surface area contributed by atoms with Gasteiger partial charge in [0, 0.05) is 18.3 Å². The molecule has 0 radical (unpaired) electrons. The molecule has 1 heterocycles. The zero-order valence-electron chi connectivity index (χ0n) is 10.8. The minimum absolute atomic E-state index is 0.408. The Hall–Kier alpha value is -1.44. The Labute approximate surface area is 102 Å². The molecule has 0 aliphatic heterocycles. The van der Waals surface area contributed by atoms with Crippen molar-refractivity contribution in [1.82, 2.24) is 10.3 Å². The zero-order chi connectivity index (χ0) is 13.1. The first-order valence-electron chi connectivity index (χ1n) is 5.59. The summed E-state index contributed by atoms with van der Waals surface area (Å²) in [6.07, 6.45) is 1.62. The molecule has 0 unspecified atom stereocenters. The van der Waals surface area contributed by atoms with Crippen LogP contribution in [0.25, 0.3) is 0 Å². The third-order valence-electron chi connectivity index (χ3n) is 3.20. The molecule has 0 amide bonds.